The van der Waals surface area contributed by atoms with Crippen LogP contribution in [0.25, 0.3) is 11.0 Å². The molecule has 0 aromatic carbocycles. The van der Waals surface area contributed by atoms with Crippen molar-refractivity contribution in [3.63, 3.8) is 0 Å². The molecule has 2 N–H and O–H groups in total. The number of aliphatic hydroxyl groups excluding tert-OH is 1. The molecule has 0 unspecified atom stereocenters. The molecule has 0 fully saturated rings. The predicted molar refractivity (Wildman–Crippen MR) is 57.0 cm³/mol. The number of imidazole rings is 1. The molecule has 0 radical (unpaired) electrons. The van der Waals surface area contributed by atoms with Crippen LogP contribution in [0.2, 0.25) is 0 Å². The fourth-order valence-electron chi connectivity index (χ4n) is 1.32. The van der Waals surface area contributed by atoms with Crippen molar-refractivity contribution in [1.82, 2.24) is 15.0 Å². The average Bonchev–Trinajstić information content (AvgIpc) is 2.59. The molecule has 0 spiro atoms. The number of nitrogens with one attached hydrogen (secondary N) is 1. The van der Waals surface area contributed by atoms with Gasteiger partial charge in [-0.3, -0.25) is 4.98 Å². The number of aliphatic hydroxyl groups is 1. The third-order valence-electron chi connectivity index (χ3n) is 1.97. The van der Waals surface area contributed by atoms with Gasteiger partial charge in [0.25, 0.3) is 0 Å². The number of fused-ring (bicyclic) bond motifs is 1. The monoisotopic (exact) mass is 255 g/mol. The molecule has 14 heavy (non-hydrogen) atoms. The quantitative estimate of drug-likeness (QED) is 0.877. The number of rotatable bonds is 3. The standard InChI is InChI=1S/C9H10BrN3O/c10-6-4-11-5-7-9(6)13-8(12-7)2-1-3-14/h4-5,14H,1-3H2,(H,12,13). The van der Waals surface area contributed by atoms with E-state index in [-0.39, 0.29) is 6.61 Å². The van der Waals surface area contributed by atoms with Crippen LogP contribution < -0.4 is 0 Å². The third-order valence-corrected chi connectivity index (χ3v) is 2.55. The van der Waals surface area contributed by atoms with Crippen molar-refractivity contribution in [3.8, 4) is 0 Å². The zero-order valence-corrected chi connectivity index (χ0v) is 9.08. The van der Waals surface area contributed by atoms with E-state index in [9.17, 15) is 0 Å². The molecule has 4 nitrogen and oxygen atoms in total. The van der Waals surface area contributed by atoms with E-state index in [2.05, 4.69) is 30.9 Å². The first-order valence-electron chi connectivity index (χ1n) is 4.40. The van der Waals surface area contributed by atoms with Crippen molar-refractivity contribution in [2.45, 2.75) is 12.8 Å². The minimum atomic E-state index is 0.191. The second-order valence-corrected chi connectivity index (χ2v) is 3.88. The molecular formula is C9H10BrN3O. The molecule has 0 atom stereocenters. The number of hydrogen-bond donors (Lipinski definition) is 2. The molecule has 5 heteroatoms. The highest BCUT2D eigenvalue weighted by Crippen LogP contribution is 2.20. The molecule has 2 aromatic rings. The Bertz CT molecular complexity index is 441. The Morgan fingerprint density at radius 2 is 2.29 bits per heavy atom. The van der Waals surface area contributed by atoms with E-state index < -0.39 is 0 Å². The van der Waals surface area contributed by atoms with Gasteiger partial charge in [0.05, 0.1) is 16.2 Å². The maximum absolute atomic E-state index is 8.69. The van der Waals surface area contributed by atoms with Crippen LogP contribution in [0.5, 0.6) is 0 Å². The molecule has 0 aliphatic carbocycles. The summed E-state index contributed by atoms with van der Waals surface area (Å²) in [6.07, 6.45) is 4.96. The topological polar surface area (TPSA) is 61.8 Å². The zero-order valence-electron chi connectivity index (χ0n) is 7.50. The van der Waals surface area contributed by atoms with E-state index in [0.717, 1.165) is 34.2 Å². The summed E-state index contributed by atoms with van der Waals surface area (Å²) < 4.78 is 0.890. The van der Waals surface area contributed by atoms with Crippen LogP contribution in [-0.2, 0) is 6.42 Å². The number of H-pyrrole nitrogens is 1. The first-order valence-corrected chi connectivity index (χ1v) is 5.19. The van der Waals surface area contributed by atoms with E-state index in [0.29, 0.717) is 0 Å². The molecular weight excluding hydrogens is 246 g/mol. The molecule has 0 saturated carbocycles. The summed E-state index contributed by atoms with van der Waals surface area (Å²) in [5.74, 6) is 0.891. The summed E-state index contributed by atoms with van der Waals surface area (Å²) in [6, 6.07) is 0. The lowest BCUT2D eigenvalue weighted by Gasteiger charge is -1.90. The Labute approximate surface area is 89.5 Å². The first kappa shape index (κ1) is 9.61. The van der Waals surface area contributed by atoms with E-state index >= 15 is 0 Å². The first-order chi connectivity index (χ1) is 6.81. The van der Waals surface area contributed by atoms with Gasteiger partial charge in [0, 0.05) is 19.2 Å². The van der Waals surface area contributed by atoms with E-state index in [1.807, 2.05) is 0 Å². The van der Waals surface area contributed by atoms with Crippen LogP contribution in [-0.4, -0.2) is 26.7 Å². The lowest BCUT2D eigenvalue weighted by Crippen LogP contribution is -1.90. The van der Waals surface area contributed by atoms with Crippen molar-refractivity contribution in [2.24, 2.45) is 0 Å². The smallest absolute Gasteiger partial charge is 0.107 e. The highest BCUT2D eigenvalue weighted by Gasteiger charge is 2.05. The fourth-order valence-corrected chi connectivity index (χ4v) is 1.74. The summed E-state index contributed by atoms with van der Waals surface area (Å²) in [5.41, 5.74) is 1.82. The fraction of sp³-hybridized carbons (Fsp3) is 0.333. The van der Waals surface area contributed by atoms with Crippen molar-refractivity contribution in [3.05, 3.63) is 22.7 Å². The normalized spacial score (nSPS) is 11.0. The summed E-state index contributed by atoms with van der Waals surface area (Å²) in [5, 5.41) is 8.69. The lowest BCUT2D eigenvalue weighted by molar-refractivity contribution is 0.287. The van der Waals surface area contributed by atoms with Crippen LogP contribution in [0.3, 0.4) is 0 Å². The van der Waals surface area contributed by atoms with Gasteiger partial charge in [-0.25, -0.2) is 4.98 Å². The largest absolute Gasteiger partial charge is 0.396 e. The molecule has 0 saturated heterocycles. The Hall–Kier alpha value is -0.940. The van der Waals surface area contributed by atoms with Gasteiger partial charge in [-0.05, 0) is 22.4 Å². The maximum Gasteiger partial charge on any atom is 0.107 e. The van der Waals surface area contributed by atoms with Crippen LogP contribution in [0.4, 0.5) is 0 Å². The van der Waals surface area contributed by atoms with Crippen LogP contribution in [0, 0.1) is 0 Å². The Morgan fingerprint density at radius 1 is 1.43 bits per heavy atom. The van der Waals surface area contributed by atoms with Gasteiger partial charge in [-0.2, -0.15) is 0 Å². The summed E-state index contributed by atoms with van der Waals surface area (Å²) in [6.45, 7) is 0.191. The number of hydrogen-bond acceptors (Lipinski definition) is 3. The van der Waals surface area contributed by atoms with Gasteiger partial charge in [0.2, 0.25) is 0 Å². The third kappa shape index (κ3) is 1.78. The molecule has 0 aliphatic heterocycles. The number of halogens is 1. The number of aromatic amines is 1. The lowest BCUT2D eigenvalue weighted by atomic mass is 10.3. The van der Waals surface area contributed by atoms with Crippen LogP contribution in [0.1, 0.15) is 12.2 Å². The van der Waals surface area contributed by atoms with Crippen LogP contribution >= 0.6 is 15.9 Å². The number of aryl methyl sites for hydroxylation is 1. The molecule has 0 bridgehead atoms. The van der Waals surface area contributed by atoms with Crippen molar-refractivity contribution >= 4 is 27.0 Å². The Morgan fingerprint density at radius 3 is 3.00 bits per heavy atom. The SMILES string of the molecule is OCCCc1nc2c(Br)cncc2[nH]1. The Balaban J connectivity index is 2.36. The molecule has 0 amide bonds. The van der Waals surface area contributed by atoms with Gasteiger partial charge < -0.3 is 10.1 Å². The molecule has 2 aromatic heterocycles. The zero-order chi connectivity index (χ0) is 9.97. The van der Waals surface area contributed by atoms with Crippen molar-refractivity contribution < 1.29 is 5.11 Å². The van der Waals surface area contributed by atoms with Gasteiger partial charge in [-0.15, -0.1) is 0 Å². The number of pyridine rings is 1. The highest BCUT2D eigenvalue weighted by atomic mass is 79.9. The second kappa shape index (κ2) is 4.06. The van der Waals surface area contributed by atoms with Gasteiger partial charge in [0.1, 0.15) is 11.3 Å². The van der Waals surface area contributed by atoms with Gasteiger partial charge in [0.15, 0.2) is 0 Å². The number of nitrogens with zero attached hydrogens (tertiary/aromatic N) is 2. The molecule has 0 aliphatic rings. The summed E-state index contributed by atoms with van der Waals surface area (Å²) in [4.78, 5) is 11.6. The number of aromatic nitrogens is 3. The molecule has 74 valence electrons. The van der Waals surface area contributed by atoms with Gasteiger partial charge >= 0.3 is 0 Å². The highest BCUT2D eigenvalue weighted by molar-refractivity contribution is 9.10. The molecule has 2 rings (SSSR count). The molecule has 2 heterocycles. The van der Waals surface area contributed by atoms with Crippen molar-refractivity contribution in [2.75, 3.05) is 6.61 Å². The van der Waals surface area contributed by atoms with Crippen molar-refractivity contribution in [1.29, 1.82) is 0 Å². The minimum absolute atomic E-state index is 0.191. The average molecular weight is 256 g/mol. The van der Waals surface area contributed by atoms with E-state index in [4.69, 9.17) is 5.11 Å². The van der Waals surface area contributed by atoms with Crippen LogP contribution in [0.15, 0.2) is 16.9 Å². The van der Waals surface area contributed by atoms with E-state index in [1.165, 1.54) is 0 Å². The van der Waals surface area contributed by atoms with Gasteiger partial charge in [-0.1, -0.05) is 0 Å². The summed E-state index contributed by atoms with van der Waals surface area (Å²) in [7, 11) is 0. The Kier molecular flexibility index (Phi) is 2.79. The second-order valence-electron chi connectivity index (χ2n) is 3.03. The predicted octanol–water partition coefficient (Wildman–Crippen LogP) is 1.65. The minimum Gasteiger partial charge on any atom is -0.396 e. The van der Waals surface area contributed by atoms with E-state index in [1.54, 1.807) is 12.4 Å². The summed E-state index contributed by atoms with van der Waals surface area (Å²) >= 11 is 3.38. The maximum atomic E-state index is 8.69.